The molecular formula is C14H13ClN4O. The van der Waals surface area contributed by atoms with Gasteiger partial charge < -0.3 is 10.5 Å². The highest BCUT2D eigenvalue weighted by Gasteiger charge is 2.10. The third-order valence-electron chi connectivity index (χ3n) is 2.97. The van der Waals surface area contributed by atoms with Crippen LogP contribution in [0.15, 0.2) is 42.6 Å². The first kappa shape index (κ1) is 12.7. The molecule has 2 heterocycles. The molecule has 2 aromatic heterocycles. The van der Waals surface area contributed by atoms with E-state index >= 15 is 0 Å². The first-order valence-electron chi connectivity index (χ1n) is 6.21. The quantitative estimate of drug-likeness (QED) is 0.801. The molecule has 2 N–H and O–H groups in total. The molecule has 0 amide bonds. The Bertz CT molecular complexity index is 727. The zero-order valence-electron chi connectivity index (χ0n) is 10.7. The Labute approximate surface area is 121 Å². The summed E-state index contributed by atoms with van der Waals surface area (Å²) in [6.45, 7) is 0.521. The number of nitrogens with zero attached hydrogens (tertiary/aromatic N) is 3. The number of rotatable bonds is 4. The van der Waals surface area contributed by atoms with Gasteiger partial charge in [0.05, 0.1) is 17.3 Å². The third kappa shape index (κ3) is 2.40. The van der Waals surface area contributed by atoms with Gasteiger partial charge in [-0.3, -0.25) is 4.40 Å². The molecule has 3 rings (SSSR count). The van der Waals surface area contributed by atoms with E-state index in [0.29, 0.717) is 29.4 Å². The molecule has 20 heavy (non-hydrogen) atoms. The number of hydrogen-bond acceptors (Lipinski definition) is 4. The molecule has 0 aliphatic rings. The Morgan fingerprint density at radius 3 is 2.75 bits per heavy atom. The summed E-state index contributed by atoms with van der Waals surface area (Å²) in [4.78, 5) is 0. The lowest BCUT2D eigenvalue weighted by Crippen LogP contribution is -2.05. The Morgan fingerprint density at radius 2 is 1.95 bits per heavy atom. The zero-order chi connectivity index (χ0) is 13.9. The fraction of sp³-hybridized carbons (Fsp3) is 0.143. The molecule has 0 aliphatic carbocycles. The van der Waals surface area contributed by atoms with Crippen molar-refractivity contribution in [3.8, 4) is 5.75 Å². The fourth-order valence-electron chi connectivity index (χ4n) is 1.95. The first-order valence-corrected chi connectivity index (χ1v) is 6.59. The van der Waals surface area contributed by atoms with E-state index in [0.717, 1.165) is 11.6 Å². The molecule has 0 saturated carbocycles. The molecular weight excluding hydrogens is 276 g/mol. The Morgan fingerprint density at radius 1 is 1.15 bits per heavy atom. The number of hydrogen-bond donors (Lipinski definition) is 1. The molecule has 0 spiro atoms. The van der Waals surface area contributed by atoms with Gasteiger partial charge in [-0.1, -0.05) is 29.8 Å². The monoisotopic (exact) mass is 288 g/mol. The van der Waals surface area contributed by atoms with Crippen molar-refractivity contribution >= 4 is 22.9 Å². The van der Waals surface area contributed by atoms with Crippen LogP contribution in [-0.2, 0) is 6.42 Å². The smallest absolute Gasteiger partial charge is 0.185 e. The number of benzene rings is 1. The van der Waals surface area contributed by atoms with Crippen LogP contribution in [0, 0.1) is 0 Å². The lowest BCUT2D eigenvalue weighted by atomic mass is 10.3. The van der Waals surface area contributed by atoms with Crippen LogP contribution < -0.4 is 10.5 Å². The molecule has 3 aromatic rings. The van der Waals surface area contributed by atoms with E-state index in [2.05, 4.69) is 10.2 Å². The molecule has 0 saturated heterocycles. The summed E-state index contributed by atoms with van der Waals surface area (Å²) in [6.07, 6.45) is 2.45. The summed E-state index contributed by atoms with van der Waals surface area (Å²) in [5, 5.41) is 8.66. The van der Waals surface area contributed by atoms with E-state index < -0.39 is 0 Å². The van der Waals surface area contributed by atoms with Gasteiger partial charge in [-0.25, -0.2) is 0 Å². The summed E-state index contributed by atoms with van der Waals surface area (Å²) in [6, 6.07) is 11.4. The van der Waals surface area contributed by atoms with Crippen LogP contribution in [0.25, 0.3) is 5.65 Å². The highest BCUT2D eigenvalue weighted by atomic mass is 35.5. The first-order chi connectivity index (χ1) is 9.75. The standard InChI is InChI=1S/C14H13ClN4O/c15-11-6-8-19-12(17-18-14(19)13(11)16)7-9-20-10-4-2-1-3-5-10/h1-6,8H,7,9,16H2. The second-order valence-electron chi connectivity index (χ2n) is 4.30. The highest BCUT2D eigenvalue weighted by molar-refractivity contribution is 6.33. The van der Waals surface area contributed by atoms with Gasteiger partial charge in [0.25, 0.3) is 0 Å². The predicted octanol–water partition coefficient (Wildman–Crippen LogP) is 2.59. The fourth-order valence-corrected chi connectivity index (χ4v) is 2.09. The minimum absolute atomic E-state index is 0.442. The van der Waals surface area contributed by atoms with Gasteiger partial charge in [-0.2, -0.15) is 0 Å². The number of nitrogens with two attached hydrogens (primary N) is 1. The number of ether oxygens (including phenoxy) is 1. The molecule has 5 nitrogen and oxygen atoms in total. The summed E-state index contributed by atoms with van der Waals surface area (Å²) in [5.74, 6) is 1.63. The lowest BCUT2D eigenvalue weighted by molar-refractivity contribution is 0.318. The Balaban J connectivity index is 1.74. The Kier molecular flexibility index (Phi) is 3.43. The predicted molar refractivity (Wildman–Crippen MR) is 78.1 cm³/mol. The SMILES string of the molecule is Nc1c(Cl)ccn2c(CCOc3ccccc3)nnc12. The molecule has 0 radical (unpaired) electrons. The minimum atomic E-state index is 0.442. The lowest BCUT2D eigenvalue weighted by Gasteiger charge is -2.05. The van der Waals surface area contributed by atoms with Crippen LogP contribution in [-0.4, -0.2) is 21.2 Å². The van der Waals surface area contributed by atoms with Gasteiger partial charge >= 0.3 is 0 Å². The summed E-state index contributed by atoms with van der Waals surface area (Å²) < 4.78 is 7.47. The van der Waals surface area contributed by atoms with Gasteiger partial charge in [-0.15, -0.1) is 10.2 Å². The molecule has 102 valence electrons. The largest absolute Gasteiger partial charge is 0.493 e. The topological polar surface area (TPSA) is 65.4 Å². The van der Waals surface area contributed by atoms with Crippen molar-refractivity contribution in [3.05, 3.63) is 53.4 Å². The molecule has 0 fully saturated rings. The molecule has 1 aromatic carbocycles. The second-order valence-corrected chi connectivity index (χ2v) is 4.71. The summed E-state index contributed by atoms with van der Waals surface area (Å²) in [5.41, 5.74) is 6.88. The van der Waals surface area contributed by atoms with Crippen molar-refractivity contribution in [1.82, 2.24) is 14.6 Å². The molecule has 0 aliphatic heterocycles. The van der Waals surface area contributed by atoms with Crippen molar-refractivity contribution in [1.29, 1.82) is 0 Å². The molecule has 0 bridgehead atoms. The maximum absolute atomic E-state index is 5.95. The molecule has 6 heteroatoms. The van der Waals surface area contributed by atoms with Crippen molar-refractivity contribution in [3.63, 3.8) is 0 Å². The van der Waals surface area contributed by atoms with Crippen molar-refractivity contribution in [2.75, 3.05) is 12.3 Å². The van der Waals surface area contributed by atoms with Crippen LogP contribution in [0.3, 0.4) is 0 Å². The van der Waals surface area contributed by atoms with Gasteiger partial charge in [0.15, 0.2) is 5.65 Å². The van der Waals surface area contributed by atoms with Crippen molar-refractivity contribution < 1.29 is 4.74 Å². The van der Waals surface area contributed by atoms with Crippen LogP contribution in [0.4, 0.5) is 5.69 Å². The number of fused-ring (bicyclic) bond motifs is 1. The van der Waals surface area contributed by atoms with Crippen LogP contribution in [0.1, 0.15) is 5.82 Å². The normalized spacial score (nSPS) is 10.8. The summed E-state index contributed by atoms with van der Waals surface area (Å²) >= 11 is 5.95. The molecule has 0 unspecified atom stereocenters. The maximum Gasteiger partial charge on any atom is 0.185 e. The number of para-hydroxylation sites is 1. The molecule has 0 atom stereocenters. The number of nitrogen functional groups attached to an aromatic ring is 1. The van der Waals surface area contributed by atoms with Gasteiger partial charge in [0.1, 0.15) is 11.6 Å². The number of aromatic nitrogens is 3. The second kappa shape index (κ2) is 5.38. The number of halogens is 1. The number of anilines is 1. The van der Waals surface area contributed by atoms with E-state index in [9.17, 15) is 0 Å². The maximum atomic E-state index is 5.95. The summed E-state index contributed by atoms with van der Waals surface area (Å²) in [7, 11) is 0. The average molecular weight is 289 g/mol. The van der Waals surface area contributed by atoms with Gasteiger partial charge in [0.2, 0.25) is 0 Å². The minimum Gasteiger partial charge on any atom is -0.493 e. The van der Waals surface area contributed by atoms with E-state index in [1.807, 2.05) is 40.9 Å². The van der Waals surface area contributed by atoms with Gasteiger partial charge in [0, 0.05) is 12.6 Å². The average Bonchev–Trinajstić information content (AvgIpc) is 2.88. The number of pyridine rings is 1. The zero-order valence-corrected chi connectivity index (χ0v) is 11.4. The van der Waals surface area contributed by atoms with Crippen molar-refractivity contribution in [2.45, 2.75) is 6.42 Å². The van der Waals surface area contributed by atoms with E-state index in [1.165, 1.54) is 0 Å². The van der Waals surface area contributed by atoms with E-state index in [1.54, 1.807) is 6.07 Å². The van der Waals surface area contributed by atoms with Crippen LogP contribution in [0.5, 0.6) is 5.75 Å². The van der Waals surface area contributed by atoms with Crippen LogP contribution >= 0.6 is 11.6 Å². The van der Waals surface area contributed by atoms with Crippen LogP contribution in [0.2, 0.25) is 5.02 Å². The van der Waals surface area contributed by atoms with Crippen molar-refractivity contribution in [2.24, 2.45) is 0 Å². The highest BCUT2D eigenvalue weighted by Crippen LogP contribution is 2.22. The Hall–Kier alpha value is -2.27. The third-order valence-corrected chi connectivity index (χ3v) is 3.30. The van der Waals surface area contributed by atoms with Gasteiger partial charge in [-0.05, 0) is 18.2 Å². The van der Waals surface area contributed by atoms with E-state index in [4.69, 9.17) is 22.1 Å². The van der Waals surface area contributed by atoms with E-state index in [-0.39, 0.29) is 0 Å².